The molecule has 0 radical (unpaired) electrons. The lowest BCUT2D eigenvalue weighted by molar-refractivity contribution is -0.115. The van der Waals surface area contributed by atoms with Crippen LogP contribution in [0.4, 0.5) is 5.69 Å². The number of rotatable bonds is 7. The predicted octanol–water partition coefficient (Wildman–Crippen LogP) is 4.40. The Kier molecular flexibility index (Phi) is 5.93. The van der Waals surface area contributed by atoms with Crippen LogP contribution in [0.15, 0.2) is 47.4 Å². The maximum Gasteiger partial charge on any atom is 0.231 e. The van der Waals surface area contributed by atoms with Gasteiger partial charge in [-0.15, -0.1) is 11.8 Å². The van der Waals surface area contributed by atoms with Crippen molar-refractivity contribution in [2.75, 3.05) is 24.1 Å². The number of fused-ring (bicyclic) bond motifs is 1. The zero-order chi connectivity index (χ0) is 16.8. The minimum Gasteiger partial charge on any atom is -0.454 e. The number of hydrogen-bond acceptors (Lipinski definition) is 5. The molecular formula is C18H19NO3S2. The Morgan fingerprint density at radius 2 is 1.92 bits per heavy atom. The first kappa shape index (κ1) is 17.0. The van der Waals surface area contributed by atoms with Crippen molar-refractivity contribution in [2.45, 2.75) is 17.1 Å². The third kappa shape index (κ3) is 4.61. The minimum absolute atomic E-state index is 0.0131. The quantitative estimate of drug-likeness (QED) is 0.585. The van der Waals surface area contributed by atoms with Crippen molar-refractivity contribution in [3.63, 3.8) is 0 Å². The van der Waals surface area contributed by atoms with Gasteiger partial charge in [-0.3, -0.25) is 4.79 Å². The van der Waals surface area contributed by atoms with Crippen molar-refractivity contribution in [1.82, 2.24) is 0 Å². The molecule has 4 nitrogen and oxygen atoms in total. The highest BCUT2D eigenvalue weighted by Gasteiger charge is 2.14. The zero-order valence-corrected chi connectivity index (χ0v) is 15.0. The van der Waals surface area contributed by atoms with Crippen LogP contribution in [0.1, 0.15) is 12.0 Å². The molecule has 1 aliphatic rings. The molecule has 126 valence electrons. The number of ether oxygens (including phenoxy) is 2. The summed E-state index contributed by atoms with van der Waals surface area (Å²) in [5.74, 6) is 3.12. The molecule has 2 aromatic rings. The van der Waals surface area contributed by atoms with E-state index in [2.05, 4.69) is 35.8 Å². The van der Waals surface area contributed by atoms with E-state index < -0.39 is 0 Å². The molecule has 1 amide bonds. The molecule has 0 atom stereocenters. The summed E-state index contributed by atoms with van der Waals surface area (Å²) >= 11 is 3.51. The first-order valence-electron chi connectivity index (χ1n) is 7.65. The van der Waals surface area contributed by atoms with Gasteiger partial charge in [0.05, 0.1) is 0 Å². The second-order valence-corrected chi connectivity index (χ2v) is 7.25. The van der Waals surface area contributed by atoms with Crippen LogP contribution >= 0.6 is 23.5 Å². The van der Waals surface area contributed by atoms with Crippen molar-refractivity contribution < 1.29 is 14.3 Å². The Hall–Kier alpha value is -1.79. The van der Waals surface area contributed by atoms with Gasteiger partial charge in [0.15, 0.2) is 11.5 Å². The van der Waals surface area contributed by atoms with E-state index in [4.69, 9.17) is 9.47 Å². The number of amides is 1. The highest BCUT2D eigenvalue weighted by atomic mass is 32.2. The SMILES string of the molecule is CSc1ccc(CSCCC(=O)Nc2ccc3c(c2)OCO3)cc1. The van der Waals surface area contributed by atoms with Crippen molar-refractivity contribution in [3.8, 4) is 11.5 Å². The fourth-order valence-corrected chi connectivity index (χ4v) is 3.58. The number of hydrogen-bond donors (Lipinski definition) is 1. The van der Waals surface area contributed by atoms with Gasteiger partial charge in [0.25, 0.3) is 0 Å². The highest BCUT2D eigenvalue weighted by Crippen LogP contribution is 2.34. The van der Waals surface area contributed by atoms with E-state index in [1.807, 2.05) is 12.1 Å². The van der Waals surface area contributed by atoms with Gasteiger partial charge in [-0.2, -0.15) is 11.8 Å². The van der Waals surface area contributed by atoms with E-state index in [0.29, 0.717) is 12.2 Å². The van der Waals surface area contributed by atoms with Gasteiger partial charge >= 0.3 is 0 Å². The van der Waals surface area contributed by atoms with Gasteiger partial charge in [0.1, 0.15) is 0 Å². The summed E-state index contributed by atoms with van der Waals surface area (Å²) in [6.45, 7) is 0.237. The summed E-state index contributed by atoms with van der Waals surface area (Å²) in [5.41, 5.74) is 2.02. The van der Waals surface area contributed by atoms with Crippen LogP contribution in [0.25, 0.3) is 0 Å². The van der Waals surface area contributed by atoms with Crippen LogP contribution in [0.2, 0.25) is 0 Å². The van der Waals surface area contributed by atoms with Gasteiger partial charge in [0, 0.05) is 34.6 Å². The molecule has 24 heavy (non-hydrogen) atoms. The summed E-state index contributed by atoms with van der Waals surface area (Å²) < 4.78 is 10.6. The number of anilines is 1. The molecule has 0 unspecified atom stereocenters. The number of carbonyl (C=O) groups is 1. The third-order valence-corrected chi connectivity index (χ3v) is 5.33. The van der Waals surface area contributed by atoms with Crippen LogP contribution in [-0.2, 0) is 10.5 Å². The minimum atomic E-state index is 0.0131. The Morgan fingerprint density at radius 3 is 2.71 bits per heavy atom. The summed E-state index contributed by atoms with van der Waals surface area (Å²) in [4.78, 5) is 13.3. The summed E-state index contributed by atoms with van der Waals surface area (Å²) in [7, 11) is 0. The van der Waals surface area contributed by atoms with Gasteiger partial charge in [0.2, 0.25) is 12.7 Å². The Labute approximate surface area is 150 Å². The highest BCUT2D eigenvalue weighted by molar-refractivity contribution is 7.98. The lowest BCUT2D eigenvalue weighted by Gasteiger charge is -2.06. The topological polar surface area (TPSA) is 47.6 Å². The van der Waals surface area contributed by atoms with Crippen molar-refractivity contribution in [1.29, 1.82) is 0 Å². The summed E-state index contributed by atoms with van der Waals surface area (Å²) in [5, 5.41) is 2.89. The standard InChI is InChI=1S/C18H19NO3S2/c1-23-15-5-2-13(3-6-15)11-24-9-8-18(20)19-14-4-7-16-17(10-14)22-12-21-16/h2-7,10H,8-9,11-12H2,1H3,(H,19,20). The fraction of sp³-hybridized carbons (Fsp3) is 0.278. The molecule has 6 heteroatoms. The van der Waals surface area contributed by atoms with Crippen molar-refractivity contribution >= 4 is 35.1 Å². The predicted molar refractivity (Wildman–Crippen MR) is 100 cm³/mol. The summed E-state index contributed by atoms with van der Waals surface area (Å²) in [6, 6.07) is 14.0. The molecule has 0 bridgehead atoms. The molecule has 1 aliphatic heterocycles. The van der Waals surface area contributed by atoms with Gasteiger partial charge < -0.3 is 14.8 Å². The lowest BCUT2D eigenvalue weighted by atomic mass is 10.2. The number of benzene rings is 2. The normalized spacial score (nSPS) is 12.2. The van der Waals surface area contributed by atoms with Crippen LogP contribution in [0.3, 0.4) is 0 Å². The monoisotopic (exact) mass is 361 g/mol. The van der Waals surface area contributed by atoms with Gasteiger partial charge in [-0.05, 0) is 36.1 Å². The Bertz CT molecular complexity index is 704. The molecule has 0 fully saturated rings. The molecule has 1 heterocycles. The molecule has 0 aliphatic carbocycles. The Balaban J connectivity index is 1.39. The van der Waals surface area contributed by atoms with Crippen LogP contribution in [0, 0.1) is 0 Å². The molecule has 1 N–H and O–H groups in total. The molecule has 2 aromatic carbocycles. The number of nitrogens with one attached hydrogen (secondary N) is 1. The van der Waals surface area contributed by atoms with Gasteiger partial charge in [-0.1, -0.05) is 12.1 Å². The maximum absolute atomic E-state index is 12.0. The van der Waals surface area contributed by atoms with Crippen LogP contribution < -0.4 is 14.8 Å². The summed E-state index contributed by atoms with van der Waals surface area (Å²) in [6.07, 6.45) is 2.56. The number of carbonyl (C=O) groups excluding carboxylic acids is 1. The molecular weight excluding hydrogens is 342 g/mol. The van der Waals surface area contributed by atoms with Crippen molar-refractivity contribution in [3.05, 3.63) is 48.0 Å². The van der Waals surface area contributed by atoms with E-state index in [-0.39, 0.29) is 12.7 Å². The molecule has 0 saturated heterocycles. The Morgan fingerprint density at radius 1 is 1.12 bits per heavy atom. The van der Waals surface area contributed by atoms with E-state index in [0.717, 1.165) is 22.9 Å². The average molecular weight is 361 g/mol. The van der Waals surface area contributed by atoms with E-state index in [9.17, 15) is 4.79 Å². The third-order valence-electron chi connectivity index (χ3n) is 3.56. The van der Waals surface area contributed by atoms with E-state index in [1.54, 1.807) is 29.6 Å². The zero-order valence-electron chi connectivity index (χ0n) is 13.4. The van der Waals surface area contributed by atoms with Crippen LogP contribution in [-0.4, -0.2) is 24.7 Å². The fourth-order valence-electron chi connectivity index (χ4n) is 2.27. The molecule has 0 saturated carbocycles. The molecule has 0 aromatic heterocycles. The maximum atomic E-state index is 12.0. The average Bonchev–Trinajstić information content (AvgIpc) is 3.07. The molecule has 3 rings (SSSR count). The van der Waals surface area contributed by atoms with E-state index in [1.165, 1.54) is 10.5 Å². The second kappa shape index (κ2) is 8.35. The first-order chi connectivity index (χ1) is 11.7. The second-order valence-electron chi connectivity index (χ2n) is 5.27. The number of thioether (sulfide) groups is 2. The first-order valence-corrected chi connectivity index (χ1v) is 10.0. The van der Waals surface area contributed by atoms with Gasteiger partial charge in [-0.25, -0.2) is 0 Å². The van der Waals surface area contributed by atoms with Crippen LogP contribution in [0.5, 0.6) is 11.5 Å². The molecule has 0 spiro atoms. The lowest BCUT2D eigenvalue weighted by Crippen LogP contribution is -2.12. The smallest absolute Gasteiger partial charge is 0.231 e. The van der Waals surface area contributed by atoms with Crippen molar-refractivity contribution in [2.24, 2.45) is 0 Å². The largest absolute Gasteiger partial charge is 0.454 e. The van der Waals surface area contributed by atoms with E-state index >= 15 is 0 Å².